The molecule has 4 nitrogen and oxygen atoms in total. The first-order chi connectivity index (χ1) is 7.31. The van der Waals surface area contributed by atoms with Crippen molar-refractivity contribution in [3.05, 3.63) is 23.8 Å². The van der Waals surface area contributed by atoms with Crippen LogP contribution in [-0.2, 0) is 0 Å². The van der Waals surface area contributed by atoms with Gasteiger partial charge in [0.05, 0.1) is 18.7 Å². The van der Waals surface area contributed by atoms with Crippen LogP contribution in [0.2, 0.25) is 0 Å². The molecule has 1 rings (SSSR count). The fraction of sp³-hybridized carbons (Fsp3) is 0.364. The van der Waals surface area contributed by atoms with E-state index in [0.717, 1.165) is 6.54 Å². The van der Waals surface area contributed by atoms with Crippen molar-refractivity contribution in [1.82, 2.24) is 5.32 Å². The topological polar surface area (TPSA) is 54.3 Å². The van der Waals surface area contributed by atoms with Gasteiger partial charge in [-0.05, 0) is 19.2 Å². The van der Waals surface area contributed by atoms with Crippen LogP contribution in [0.1, 0.15) is 5.56 Å². The van der Waals surface area contributed by atoms with Gasteiger partial charge in [-0.2, -0.15) is 5.26 Å². The van der Waals surface area contributed by atoms with E-state index in [1.165, 1.54) is 0 Å². The number of nitrogens with zero attached hydrogens (tertiary/aromatic N) is 1. The number of likely N-dealkylation sites (N-methyl/N-ethyl adjacent to an activating group) is 1. The molecule has 0 amide bonds. The van der Waals surface area contributed by atoms with Crippen LogP contribution in [0.5, 0.6) is 11.5 Å². The Morgan fingerprint density at radius 2 is 2.20 bits per heavy atom. The van der Waals surface area contributed by atoms with Crippen molar-refractivity contribution >= 4 is 0 Å². The zero-order chi connectivity index (χ0) is 11.1. The third kappa shape index (κ3) is 3.15. The van der Waals surface area contributed by atoms with Gasteiger partial charge in [-0.1, -0.05) is 0 Å². The summed E-state index contributed by atoms with van der Waals surface area (Å²) >= 11 is 0. The average molecular weight is 206 g/mol. The molecular weight excluding hydrogens is 192 g/mol. The number of nitriles is 1. The summed E-state index contributed by atoms with van der Waals surface area (Å²) in [5, 5.41) is 11.7. The molecule has 0 atom stereocenters. The highest BCUT2D eigenvalue weighted by atomic mass is 16.5. The maximum atomic E-state index is 8.71. The summed E-state index contributed by atoms with van der Waals surface area (Å²) in [4.78, 5) is 0. The second-order valence-corrected chi connectivity index (χ2v) is 2.93. The molecule has 4 heteroatoms. The second-order valence-electron chi connectivity index (χ2n) is 2.93. The average Bonchev–Trinajstić information content (AvgIpc) is 2.29. The van der Waals surface area contributed by atoms with Crippen LogP contribution >= 0.6 is 0 Å². The van der Waals surface area contributed by atoms with Crippen LogP contribution in [-0.4, -0.2) is 27.3 Å². The molecule has 1 aromatic carbocycles. The number of benzene rings is 1. The van der Waals surface area contributed by atoms with Crippen molar-refractivity contribution in [3.63, 3.8) is 0 Å². The third-order valence-electron chi connectivity index (χ3n) is 1.90. The highest BCUT2D eigenvalue weighted by Crippen LogP contribution is 2.27. The minimum atomic E-state index is 0.563. The lowest BCUT2D eigenvalue weighted by atomic mass is 10.2. The Hall–Kier alpha value is -1.73. The Balaban J connectivity index is 2.75. The quantitative estimate of drug-likeness (QED) is 0.735. The molecule has 0 radical (unpaired) electrons. The minimum Gasteiger partial charge on any atom is -0.493 e. The van der Waals surface area contributed by atoms with E-state index < -0.39 is 0 Å². The van der Waals surface area contributed by atoms with E-state index in [2.05, 4.69) is 5.32 Å². The van der Waals surface area contributed by atoms with Gasteiger partial charge in [-0.15, -0.1) is 0 Å². The molecule has 0 fully saturated rings. The number of hydrogen-bond acceptors (Lipinski definition) is 4. The molecule has 1 N–H and O–H groups in total. The number of hydrogen-bond donors (Lipinski definition) is 1. The molecule has 0 aromatic heterocycles. The number of methoxy groups -OCH3 is 1. The molecule has 0 unspecified atom stereocenters. The molecule has 0 aliphatic rings. The molecule has 0 bridgehead atoms. The zero-order valence-corrected chi connectivity index (χ0v) is 8.91. The fourth-order valence-corrected chi connectivity index (χ4v) is 1.12. The molecule has 80 valence electrons. The number of rotatable bonds is 5. The van der Waals surface area contributed by atoms with E-state index in [-0.39, 0.29) is 0 Å². The van der Waals surface area contributed by atoms with Gasteiger partial charge >= 0.3 is 0 Å². The lowest BCUT2D eigenvalue weighted by molar-refractivity contribution is 0.295. The van der Waals surface area contributed by atoms with Crippen molar-refractivity contribution in [2.75, 3.05) is 27.3 Å². The molecule has 15 heavy (non-hydrogen) atoms. The van der Waals surface area contributed by atoms with Crippen molar-refractivity contribution in [3.8, 4) is 17.6 Å². The van der Waals surface area contributed by atoms with Gasteiger partial charge in [-0.25, -0.2) is 0 Å². The summed E-state index contributed by atoms with van der Waals surface area (Å²) in [6.45, 7) is 1.34. The third-order valence-corrected chi connectivity index (χ3v) is 1.90. The van der Waals surface area contributed by atoms with Crippen molar-refractivity contribution in [2.45, 2.75) is 0 Å². The summed E-state index contributed by atoms with van der Waals surface area (Å²) in [6.07, 6.45) is 0. The fourth-order valence-electron chi connectivity index (χ4n) is 1.12. The number of ether oxygens (including phenoxy) is 2. The molecule has 0 aliphatic carbocycles. The monoisotopic (exact) mass is 206 g/mol. The van der Waals surface area contributed by atoms with Crippen LogP contribution in [0, 0.1) is 11.3 Å². The summed E-state index contributed by atoms with van der Waals surface area (Å²) in [7, 11) is 3.42. The highest BCUT2D eigenvalue weighted by molar-refractivity contribution is 5.46. The van der Waals surface area contributed by atoms with E-state index in [1.54, 1.807) is 25.3 Å². The molecule has 0 saturated heterocycles. The maximum Gasteiger partial charge on any atom is 0.162 e. The first-order valence-corrected chi connectivity index (χ1v) is 4.67. The largest absolute Gasteiger partial charge is 0.493 e. The predicted molar refractivity (Wildman–Crippen MR) is 57.1 cm³/mol. The van der Waals surface area contributed by atoms with Crippen LogP contribution in [0.4, 0.5) is 0 Å². The standard InChI is InChI=1S/C11H14N2O2/c1-13-5-6-15-10-4-3-9(8-12)7-11(10)14-2/h3-4,7,13H,5-6H2,1-2H3. The smallest absolute Gasteiger partial charge is 0.162 e. The van der Waals surface area contributed by atoms with Gasteiger partial charge in [0.25, 0.3) is 0 Å². The Morgan fingerprint density at radius 1 is 1.40 bits per heavy atom. The summed E-state index contributed by atoms with van der Waals surface area (Å²) in [5.41, 5.74) is 0.563. The van der Waals surface area contributed by atoms with E-state index in [1.807, 2.05) is 13.1 Å². The van der Waals surface area contributed by atoms with Crippen molar-refractivity contribution < 1.29 is 9.47 Å². The van der Waals surface area contributed by atoms with Crippen molar-refractivity contribution in [2.24, 2.45) is 0 Å². The number of nitrogens with one attached hydrogen (secondary N) is 1. The Labute approximate surface area is 89.4 Å². The van der Waals surface area contributed by atoms with Crippen LogP contribution < -0.4 is 14.8 Å². The van der Waals surface area contributed by atoms with E-state index in [0.29, 0.717) is 23.7 Å². The first-order valence-electron chi connectivity index (χ1n) is 4.67. The van der Waals surface area contributed by atoms with Gasteiger partial charge in [0.15, 0.2) is 11.5 Å². The van der Waals surface area contributed by atoms with Gasteiger partial charge in [0.2, 0.25) is 0 Å². The SMILES string of the molecule is CNCCOc1ccc(C#N)cc1OC. The van der Waals surface area contributed by atoms with E-state index >= 15 is 0 Å². The molecule has 0 spiro atoms. The van der Waals surface area contributed by atoms with Crippen LogP contribution in [0.15, 0.2) is 18.2 Å². The molecule has 1 aromatic rings. The second kappa shape index (κ2) is 5.89. The Morgan fingerprint density at radius 3 is 2.80 bits per heavy atom. The van der Waals surface area contributed by atoms with Gasteiger partial charge < -0.3 is 14.8 Å². The Kier molecular flexibility index (Phi) is 4.45. The summed E-state index contributed by atoms with van der Waals surface area (Å²) in [5.74, 6) is 1.25. The lowest BCUT2D eigenvalue weighted by Crippen LogP contribution is -2.16. The van der Waals surface area contributed by atoms with Gasteiger partial charge in [0, 0.05) is 12.6 Å². The van der Waals surface area contributed by atoms with Gasteiger partial charge in [-0.3, -0.25) is 0 Å². The normalized spacial score (nSPS) is 9.40. The summed E-state index contributed by atoms with van der Waals surface area (Å²) < 4.78 is 10.6. The Bertz CT molecular complexity index is 358. The first kappa shape index (κ1) is 11.3. The molecule has 0 saturated carbocycles. The maximum absolute atomic E-state index is 8.71. The lowest BCUT2D eigenvalue weighted by Gasteiger charge is -2.10. The highest BCUT2D eigenvalue weighted by Gasteiger charge is 2.04. The van der Waals surface area contributed by atoms with Gasteiger partial charge in [0.1, 0.15) is 6.61 Å². The zero-order valence-electron chi connectivity index (χ0n) is 8.91. The summed E-state index contributed by atoms with van der Waals surface area (Å²) in [6, 6.07) is 7.16. The van der Waals surface area contributed by atoms with E-state index in [9.17, 15) is 0 Å². The van der Waals surface area contributed by atoms with Crippen LogP contribution in [0.3, 0.4) is 0 Å². The molecular formula is C11H14N2O2. The molecule has 0 aliphatic heterocycles. The van der Waals surface area contributed by atoms with Crippen LogP contribution in [0.25, 0.3) is 0 Å². The van der Waals surface area contributed by atoms with E-state index in [4.69, 9.17) is 14.7 Å². The van der Waals surface area contributed by atoms with Crippen molar-refractivity contribution in [1.29, 1.82) is 5.26 Å². The molecule has 0 heterocycles. The predicted octanol–water partition coefficient (Wildman–Crippen LogP) is 1.17. The minimum absolute atomic E-state index is 0.563.